The zero-order valence-electron chi connectivity index (χ0n) is 15.9. The summed E-state index contributed by atoms with van der Waals surface area (Å²) >= 11 is 1.28. The lowest BCUT2D eigenvalue weighted by Gasteiger charge is -2.15. The standard InChI is InChI=1S/C21H24N2O4S/c1-3-18(28-14-19(24)22-16-10-6-5-7-11-16)20(25)23-17-12-8-9-15(13-17)21(26)27-4-2/h5-13,18H,3-4,14H2,1-2H3,(H,22,24)(H,23,25). The van der Waals surface area contributed by atoms with Gasteiger partial charge in [-0.15, -0.1) is 11.8 Å². The maximum absolute atomic E-state index is 12.5. The molecule has 7 heteroatoms. The van der Waals surface area contributed by atoms with Gasteiger partial charge in [0.05, 0.1) is 23.2 Å². The Balaban J connectivity index is 1.90. The topological polar surface area (TPSA) is 84.5 Å². The number of amides is 2. The van der Waals surface area contributed by atoms with Crippen molar-refractivity contribution >= 4 is 40.9 Å². The summed E-state index contributed by atoms with van der Waals surface area (Å²) in [6.45, 7) is 3.91. The summed E-state index contributed by atoms with van der Waals surface area (Å²) in [5.41, 5.74) is 1.62. The van der Waals surface area contributed by atoms with E-state index in [0.29, 0.717) is 17.7 Å². The molecule has 0 aliphatic rings. The van der Waals surface area contributed by atoms with Crippen molar-refractivity contribution in [2.24, 2.45) is 0 Å². The van der Waals surface area contributed by atoms with Gasteiger partial charge >= 0.3 is 5.97 Å². The molecule has 1 atom stereocenters. The van der Waals surface area contributed by atoms with Gasteiger partial charge in [-0.2, -0.15) is 0 Å². The molecule has 0 fully saturated rings. The number of nitrogens with one attached hydrogen (secondary N) is 2. The molecule has 2 aromatic rings. The molecule has 0 aliphatic carbocycles. The fraction of sp³-hybridized carbons (Fsp3) is 0.286. The minimum absolute atomic E-state index is 0.160. The maximum Gasteiger partial charge on any atom is 0.338 e. The average molecular weight is 401 g/mol. The van der Waals surface area contributed by atoms with Crippen LogP contribution in [0.25, 0.3) is 0 Å². The first-order valence-corrected chi connectivity index (χ1v) is 10.1. The summed E-state index contributed by atoms with van der Waals surface area (Å²) in [4.78, 5) is 36.4. The molecular formula is C21H24N2O4S. The normalized spacial score (nSPS) is 11.4. The Hall–Kier alpha value is -2.80. The van der Waals surface area contributed by atoms with Crippen LogP contribution in [-0.4, -0.2) is 35.4 Å². The SMILES string of the molecule is CCOC(=O)c1cccc(NC(=O)C(CC)SCC(=O)Nc2ccccc2)c1. The summed E-state index contributed by atoms with van der Waals surface area (Å²) in [6.07, 6.45) is 0.576. The van der Waals surface area contributed by atoms with E-state index in [1.54, 1.807) is 31.2 Å². The predicted octanol–water partition coefficient (Wildman–Crippen LogP) is 3.95. The first-order valence-electron chi connectivity index (χ1n) is 9.08. The van der Waals surface area contributed by atoms with E-state index in [9.17, 15) is 14.4 Å². The van der Waals surface area contributed by atoms with Crippen molar-refractivity contribution in [1.82, 2.24) is 0 Å². The average Bonchev–Trinajstić information content (AvgIpc) is 2.69. The van der Waals surface area contributed by atoms with Gasteiger partial charge in [0.15, 0.2) is 0 Å². The Kier molecular flexibility index (Phi) is 8.55. The van der Waals surface area contributed by atoms with Gasteiger partial charge < -0.3 is 15.4 Å². The summed E-state index contributed by atoms with van der Waals surface area (Å²) in [7, 11) is 0. The summed E-state index contributed by atoms with van der Waals surface area (Å²) in [5, 5.41) is 5.22. The van der Waals surface area contributed by atoms with Crippen molar-refractivity contribution in [3.63, 3.8) is 0 Å². The van der Waals surface area contributed by atoms with Crippen molar-refractivity contribution in [2.75, 3.05) is 23.0 Å². The van der Waals surface area contributed by atoms with E-state index in [2.05, 4.69) is 10.6 Å². The van der Waals surface area contributed by atoms with E-state index < -0.39 is 5.97 Å². The van der Waals surface area contributed by atoms with E-state index in [0.717, 1.165) is 5.69 Å². The molecule has 0 aliphatic heterocycles. The largest absolute Gasteiger partial charge is 0.462 e. The van der Waals surface area contributed by atoms with Crippen molar-refractivity contribution in [3.05, 3.63) is 60.2 Å². The third-order valence-corrected chi connectivity index (χ3v) is 5.16. The Morgan fingerprint density at radius 2 is 1.68 bits per heavy atom. The first kappa shape index (κ1) is 21.5. The van der Waals surface area contributed by atoms with Gasteiger partial charge in [0.25, 0.3) is 0 Å². The van der Waals surface area contributed by atoms with Crippen molar-refractivity contribution in [1.29, 1.82) is 0 Å². The maximum atomic E-state index is 12.5. The molecule has 1 unspecified atom stereocenters. The van der Waals surface area contributed by atoms with Gasteiger partial charge in [0, 0.05) is 11.4 Å². The van der Waals surface area contributed by atoms with E-state index in [4.69, 9.17) is 4.74 Å². The number of carbonyl (C=O) groups is 3. The number of para-hydroxylation sites is 1. The summed E-state index contributed by atoms with van der Waals surface area (Å²) in [6, 6.07) is 15.8. The van der Waals surface area contributed by atoms with E-state index >= 15 is 0 Å². The molecule has 0 heterocycles. The lowest BCUT2D eigenvalue weighted by Crippen LogP contribution is -2.27. The molecular weight excluding hydrogens is 376 g/mol. The monoisotopic (exact) mass is 400 g/mol. The molecule has 148 valence electrons. The molecule has 0 spiro atoms. The van der Waals surface area contributed by atoms with Gasteiger partial charge in [-0.25, -0.2) is 4.79 Å². The number of anilines is 2. The summed E-state index contributed by atoms with van der Waals surface area (Å²) < 4.78 is 4.97. The smallest absolute Gasteiger partial charge is 0.338 e. The fourth-order valence-corrected chi connectivity index (χ4v) is 3.31. The Morgan fingerprint density at radius 3 is 2.36 bits per heavy atom. The van der Waals surface area contributed by atoms with E-state index in [-0.39, 0.29) is 29.4 Å². The minimum atomic E-state index is -0.433. The molecule has 0 saturated heterocycles. The lowest BCUT2D eigenvalue weighted by atomic mass is 10.2. The predicted molar refractivity (Wildman–Crippen MR) is 113 cm³/mol. The molecule has 6 nitrogen and oxygen atoms in total. The quantitative estimate of drug-likeness (QED) is 0.623. The second-order valence-electron chi connectivity index (χ2n) is 5.91. The molecule has 0 bridgehead atoms. The van der Waals surface area contributed by atoms with Crippen LogP contribution in [0.2, 0.25) is 0 Å². The third-order valence-electron chi connectivity index (χ3n) is 3.78. The zero-order valence-corrected chi connectivity index (χ0v) is 16.8. The van der Waals surface area contributed by atoms with E-state index in [1.807, 2.05) is 37.3 Å². The van der Waals surface area contributed by atoms with Crippen molar-refractivity contribution in [3.8, 4) is 0 Å². The highest BCUT2D eigenvalue weighted by atomic mass is 32.2. The Labute approximate surface area is 169 Å². The molecule has 0 saturated carbocycles. The number of carbonyl (C=O) groups excluding carboxylic acids is 3. The van der Waals surface area contributed by atoms with Crippen LogP contribution in [0.4, 0.5) is 11.4 Å². The van der Waals surface area contributed by atoms with Crippen LogP contribution in [-0.2, 0) is 14.3 Å². The highest BCUT2D eigenvalue weighted by molar-refractivity contribution is 8.01. The van der Waals surface area contributed by atoms with Crippen LogP contribution < -0.4 is 10.6 Å². The molecule has 28 heavy (non-hydrogen) atoms. The Morgan fingerprint density at radius 1 is 0.964 bits per heavy atom. The second kappa shape index (κ2) is 11.1. The van der Waals surface area contributed by atoms with Gasteiger partial charge in [-0.3, -0.25) is 9.59 Å². The van der Waals surface area contributed by atoms with Crippen molar-refractivity contribution in [2.45, 2.75) is 25.5 Å². The van der Waals surface area contributed by atoms with Crippen LogP contribution in [0.5, 0.6) is 0 Å². The molecule has 2 aromatic carbocycles. The molecule has 2 rings (SSSR count). The molecule has 2 amide bonds. The van der Waals surface area contributed by atoms with Gasteiger partial charge in [-0.05, 0) is 43.7 Å². The zero-order chi connectivity index (χ0) is 20.4. The molecule has 0 radical (unpaired) electrons. The molecule has 2 N–H and O–H groups in total. The van der Waals surface area contributed by atoms with Crippen LogP contribution in [0.1, 0.15) is 30.6 Å². The number of benzene rings is 2. The summed E-state index contributed by atoms with van der Waals surface area (Å²) in [5.74, 6) is -0.630. The van der Waals surface area contributed by atoms with Crippen LogP contribution in [0.3, 0.4) is 0 Å². The van der Waals surface area contributed by atoms with Crippen LogP contribution in [0.15, 0.2) is 54.6 Å². The minimum Gasteiger partial charge on any atom is -0.462 e. The van der Waals surface area contributed by atoms with Gasteiger partial charge in [0.2, 0.25) is 11.8 Å². The lowest BCUT2D eigenvalue weighted by molar-refractivity contribution is -0.115. The fourth-order valence-electron chi connectivity index (χ4n) is 2.43. The van der Waals surface area contributed by atoms with E-state index in [1.165, 1.54) is 11.8 Å². The highest BCUT2D eigenvalue weighted by Crippen LogP contribution is 2.19. The number of esters is 1. The highest BCUT2D eigenvalue weighted by Gasteiger charge is 2.19. The Bertz CT molecular complexity index is 811. The molecule has 0 aromatic heterocycles. The van der Waals surface area contributed by atoms with Crippen molar-refractivity contribution < 1.29 is 19.1 Å². The second-order valence-corrected chi connectivity index (χ2v) is 7.10. The number of hydrogen-bond acceptors (Lipinski definition) is 5. The number of hydrogen-bond donors (Lipinski definition) is 2. The van der Waals surface area contributed by atoms with Crippen LogP contribution in [0, 0.1) is 0 Å². The van der Waals surface area contributed by atoms with Gasteiger partial charge in [-0.1, -0.05) is 31.2 Å². The third kappa shape index (κ3) is 6.74. The first-order chi connectivity index (χ1) is 13.5. The number of ether oxygens (including phenoxy) is 1. The van der Waals surface area contributed by atoms with Crippen LogP contribution >= 0.6 is 11.8 Å². The number of rotatable bonds is 9. The number of thioether (sulfide) groups is 1. The van der Waals surface area contributed by atoms with Gasteiger partial charge in [0.1, 0.15) is 0 Å².